The molecule has 0 unspecified atom stereocenters. The van der Waals surface area contributed by atoms with Crippen molar-refractivity contribution in [3.8, 4) is 0 Å². The summed E-state index contributed by atoms with van der Waals surface area (Å²) in [6.45, 7) is 2.26. The van der Waals surface area contributed by atoms with Crippen molar-refractivity contribution >= 4 is 37.9 Å². The van der Waals surface area contributed by atoms with E-state index >= 15 is 0 Å². The Labute approximate surface area is 112 Å². The largest absolute Gasteiger partial charge is 0.179 e. The Balaban J connectivity index is 3.54. The minimum absolute atomic E-state index is 0.264. The number of thiol groups is 3. The van der Waals surface area contributed by atoms with Gasteiger partial charge < -0.3 is 0 Å². The van der Waals surface area contributed by atoms with Gasteiger partial charge in [-0.2, -0.15) is 37.9 Å². The molecule has 0 aromatic rings. The molecule has 0 radical (unpaired) electrons. The van der Waals surface area contributed by atoms with Crippen LogP contribution in [0, 0.1) is 5.41 Å². The van der Waals surface area contributed by atoms with Gasteiger partial charge in [-0.15, -0.1) is 0 Å². The maximum Gasteiger partial charge on any atom is -0.00255 e. The lowest BCUT2D eigenvalue weighted by Crippen LogP contribution is -2.27. The van der Waals surface area contributed by atoms with E-state index < -0.39 is 0 Å². The van der Waals surface area contributed by atoms with Gasteiger partial charge in [0.1, 0.15) is 0 Å². The number of hydrogen-bond acceptors (Lipinski definition) is 3. The number of hydrogen-bond donors (Lipinski definition) is 3. The van der Waals surface area contributed by atoms with Crippen LogP contribution >= 0.6 is 37.9 Å². The first-order valence-corrected chi connectivity index (χ1v) is 7.97. The summed E-state index contributed by atoms with van der Waals surface area (Å²) in [5, 5.41) is 0. The van der Waals surface area contributed by atoms with Gasteiger partial charge in [0.2, 0.25) is 0 Å². The van der Waals surface area contributed by atoms with E-state index in [1.54, 1.807) is 0 Å². The van der Waals surface area contributed by atoms with E-state index in [2.05, 4.69) is 44.8 Å². The Bertz CT molecular complexity index is 125. The summed E-state index contributed by atoms with van der Waals surface area (Å²) < 4.78 is 0. The third-order valence-corrected chi connectivity index (χ3v) is 5.08. The van der Waals surface area contributed by atoms with E-state index in [0.29, 0.717) is 0 Å². The summed E-state index contributed by atoms with van der Waals surface area (Å²) in [6, 6.07) is 0. The van der Waals surface area contributed by atoms with Crippen LogP contribution in [-0.4, -0.2) is 17.3 Å². The van der Waals surface area contributed by atoms with Gasteiger partial charge in [0.15, 0.2) is 0 Å². The first kappa shape index (κ1) is 16.1. The molecule has 0 aromatic heterocycles. The maximum atomic E-state index is 4.42. The van der Waals surface area contributed by atoms with E-state index in [1.807, 2.05) is 0 Å². The average molecular weight is 267 g/mol. The van der Waals surface area contributed by atoms with Crippen molar-refractivity contribution in [1.29, 1.82) is 0 Å². The SMILES string of the molecule is CCCCCCCCC(CS)(CS)CS. The van der Waals surface area contributed by atoms with Crippen molar-refractivity contribution < 1.29 is 0 Å². The topological polar surface area (TPSA) is 0 Å². The van der Waals surface area contributed by atoms with Crippen molar-refractivity contribution in [2.45, 2.75) is 51.9 Å². The highest BCUT2D eigenvalue weighted by atomic mass is 32.1. The quantitative estimate of drug-likeness (QED) is 0.376. The van der Waals surface area contributed by atoms with Crippen LogP contribution in [0.25, 0.3) is 0 Å². The summed E-state index contributed by atoms with van der Waals surface area (Å²) >= 11 is 13.3. The van der Waals surface area contributed by atoms with Crippen LogP contribution in [0.15, 0.2) is 0 Å². The number of rotatable bonds is 10. The molecule has 92 valence electrons. The molecular weight excluding hydrogens is 240 g/mol. The highest BCUT2D eigenvalue weighted by Gasteiger charge is 2.24. The summed E-state index contributed by atoms with van der Waals surface area (Å²) in [5.74, 6) is 2.74. The molecule has 0 amide bonds. The molecule has 0 heterocycles. The second-order valence-electron chi connectivity index (χ2n) is 4.49. The molecule has 15 heavy (non-hydrogen) atoms. The molecule has 0 saturated carbocycles. The van der Waals surface area contributed by atoms with Crippen molar-refractivity contribution in [3.63, 3.8) is 0 Å². The lowest BCUT2D eigenvalue weighted by Gasteiger charge is -2.28. The molecule has 3 heteroatoms. The lowest BCUT2D eigenvalue weighted by atomic mass is 9.88. The summed E-state index contributed by atoms with van der Waals surface area (Å²) in [5.41, 5.74) is 0.264. The van der Waals surface area contributed by atoms with Crippen LogP contribution in [0.4, 0.5) is 0 Å². The predicted molar refractivity (Wildman–Crippen MR) is 82.0 cm³/mol. The molecule has 0 aliphatic heterocycles. The smallest absolute Gasteiger partial charge is 0.00255 e. The fourth-order valence-electron chi connectivity index (χ4n) is 1.67. The van der Waals surface area contributed by atoms with Crippen molar-refractivity contribution in [3.05, 3.63) is 0 Å². The van der Waals surface area contributed by atoms with Crippen LogP contribution in [0.2, 0.25) is 0 Å². The second kappa shape index (κ2) is 10.2. The zero-order valence-electron chi connectivity index (χ0n) is 9.91. The molecule has 0 bridgehead atoms. The molecule has 0 saturated heterocycles. The first-order chi connectivity index (χ1) is 7.24. The predicted octanol–water partition coefficient (Wildman–Crippen LogP) is 4.51. The molecule has 0 atom stereocenters. The van der Waals surface area contributed by atoms with Gasteiger partial charge in [0.25, 0.3) is 0 Å². The van der Waals surface area contributed by atoms with E-state index in [4.69, 9.17) is 0 Å². The molecule has 0 nitrogen and oxygen atoms in total. The number of unbranched alkanes of at least 4 members (excludes halogenated alkanes) is 5. The molecule has 0 aliphatic rings. The molecule has 0 aromatic carbocycles. The third kappa shape index (κ3) is 7.06. The zero-order chi connectivity index (χ0) is 11.6. The third-order valence-electron chi connectivity index (χ3n) is 3.07. The van der Waals surface area contributed by atoms with Gasteiger partial charge in [0, 0.05) is 0 Å². The fourth-order valence-corrected chi connectivity index (χ4v) is 3.34. The van der Waals surface area contributed by atoms with Crippen LogP contribution in [-0.2, 0) is 0 Å². The summed E-state index contributed by atoms with van der Waals surface area (Å²) in [6.07, 6.45) is 9.39. The second-order valence-corrected chi connectivity index (χ2v) is 5.44. The monoisotopic (exact) mass is 266 g/mol. The highest BCUT2D eigenvalue weighted by Crippen LogP contribution is 2.29. The van der Waals surface area contributed by atoms with Gasteiger partial charge in [-0.1, -0.05) is 45.4 Å². The van der Waals surface area contributed by atoms with Gasteiger partial charge in [0.05, 0.1) is 0 Å². The minimum Gasteiger partial charge on any atom is -0.179 e. The van der Waals surface area contributed by atoms with Crippen molar-refractivity contribution in [1.82, 2.24) is 0 Å². The summed E-state index contributed by atoms with van der Waals surface area (Å²) in [4.78, 5) is 0. The van der Waals surface area contributed by atoms with Crippen molar-refractivity contribution in [2.24, 2.45) is 5.41 Å². The standard InChI is InChI=1S/C12H26S3/c1-2-3-4-5-6-7-8-12(9-13,10-14)11-15/h13-15H,2-11H2,1H3. The molecule has 0 aliphatic carbocycles. The highest BCUT2D eigenvalue weighted by molar-refractivity contribution is 7.82. The molecule has 0 N–H and O–H groups in total. The van der Waals surface area contributed by atoms with E-state index in [9.17, 15) is 0 Å². The minimum atomic E-state index is 0.264. The van der Waals surface area contributed by atoms with Gasteiger partial charge in [-0.3, -0.25) is 0 Å². The van der Waals surface area contributed by atoms with Gasteiger partial charge >= 0.3 is 0 Å². The molecule has 0 rings (SSSR count). The van der Waals surface area contributed by atoms with Crippen molar-refractivity contribution in [2.75, 3.05) is 17.3 Å². The Morgan fingerprint density at radius 3 is 1.67 bits per heavy atom. The lowest BCUT2D eigenvalue weighted by molar-refractivity contribution is 0.384. The van der Waals surface area contributed by atoms with Crippen LogP contribution in [0.5, 0.6) is 0 Å². The van der Waals surface area contributed by atoms with E-state index in [-0.39, 0.29) is 5.41 Å². The van der Waals surface area contributed by atoms with Gasteiger partial charge in [-0.05, 0) is 29.1 Å². The Kier molecular flexibility index (Phi) is 10.9. The zero-order valence-corrected chi connectivity index (χ0v) is 12.6. The average Bonchev–Trinajstić information content (AvgIpc) is 2.29. The fraction of sp³-hybridized carbons (Fsp3) is 1.00. The first-order valence-electron chi connectivity index (χ1n) is 6.07. The molecular formula is C12H26S3. The van der Waals surface area contributed by atoms with E-state index in [0.717, 1.165) is 17.3 Å². The Hall–Kier alpha value is 1.05. The Morgan fingerprint density at radius 1 is 0.733 bits per heavy atom. The van der Waals surface area contributed by atoms with Crippen LogP contribution < -0.4 is 0 Å². The Morgan fingerprint density at radius 2 is 1.20 bits per heavy atom. The summed E-state index contributed by atoms with van der Waals surface area (Å²) in [7, 11) is 0. The molecule has 0 spiro atoms. The maximum absolute atomic E-state index is 4.42. The van der Waals surface area contributed by atoms with Crippen LogP contribution in [0.3, 0.4) is 0 Å². The normalized spacial score (nSPS) is 12.0. The van der Waals surface area contributed by atoms with E-state index in [1.165, 1.54) is 44.9 Å². The van der Waals surface area contributed by atoms with Gasteiger partial charge in [-0.25, -0.2) is 0 Å². The molecule has 0 fully saturated rings. The van der Waals surface area contributed by atoms with Crippen LogP contribution in [0.1, 0.15) is 51.9 Å².